The molecule has 0 aliphatic carbocycles. The molecule has 87 heavy (non-hydrogen) atoms. The molecule has 18 nitrogen and oxygen atoms in total. The van der Waals surface area contributed by atoms with Crippen LogP contribution in [0.2, 0.25) is 13.3 Å². The predicted octanol–water partition coefficient (Wildman–Crippen LogP) is 13.1. The van der Waals surface area contributed by atoms with Gasteiger partial charge >= 0.3 is 130 Å². The molecule has 5 N–H and O–H groups in total. The number of aryl methyl sites for hydroxylation is 5. The van der Waals surface area contributed by atoms with Crippen LogP contribution in [0.3, 0.4) is 0 Å². The number of aromatic nitrogens is 13. The van der Waals surface area contributed by atoms with Crippen molar-refractivity contribution in [3.63, 3.8) is 0 Å². The van der Waals surface area contributed by atoms with Crippen LogP contribution in [-0.4, -0.2) is 98.4 Å². The van der Waals surface area contributed by atoms with Gasteiger partial charge in [0, 0.05) is 134 Å². The molecule has 0 amide bonds. The Balaban J connectivity index is 0.000000239. The number of rotatable bonds is 18. The SMILES string of the molecule is C.CCC[CH2][Sn]([CH2]CCC)([CH2]CCC)[c]1cncn1C.Cn1cc(CC(=O)Cc2cc3cc(-c4cncn4C)ccc3cn2)cn1.Cn1cc(CC(=O)O)cn1.Cn1cncc1-c1ccc2cnc(N)cc2c1.Nc1cc2cc(Br)ccc2cn1.[CH3-].[V]. The van der Waals surface area contributed by atoms with Crippen LogP contribution < -0.4 is 15.2 Å². The molecule has 11 aromatic rings. The second-order valence-electron chi connectivity index (χ2n) is 21.3. The smallest absolute Gasteiger partial charge is 0.307 e. The van der Waals surface area contributed by atoms with Gasteiger partial charge in [-0.05, 0) is 64.2 Å². The Morgan fingerprint density at radius 1 is 0.529 bits per heavy atom. The van der Waals surface area contributed by atoms with Crippen molar-refractivity contribution in [2.75, 3.05) is 11.5 Å². The second-order valence-corrected chi connectivity index (χ2v) is 35.2. The molecule has 11 rings (SSSR count). The molecule has 0 spiro atoms. The minimum absolute atomic E-state index is 0. The summed E-state index contributed by atoms with van der Waals surface area (Å²) in [5.74, 6) is 0.404. The van der Waals surface area contributed by atoms with E-state index in [0.29, 0.717) is 24.5 Å². The van der Waals surface area contributed by atoms with Crippen LogP contribution in [-0.2, 0) is 82.6 Å². The molecular formula is C66H85BrN15O3SnV-. The number of nitrogens with zero attached hydrogens (tertiary/aromatic N) is 13. The number of Topliss-reactive ketones (excluding diaryl/α,β-unsaturated/α-hetero) is 1. The number of benzene rings is 3. The Morgan fingerprint density at radius 2 is 0.966 bits per heavy atom. The van der Waals surface area contributed by atoms with E-state index < -0.39 is 24.3 Å². The van der Waals surface area contributed by atoms with Gasteiger partial charge in [-0.25, -0.2) is 19.9 Å². The molecule has 1 radical (unpaired) electrons. The van der Waals surface area contributed by atoms with Crippen LogP contribution in [0.4, 0.5) is 11.6 Å². The first-order chi connectivity index (χ1) is 40.5. The van der Waals surface area contributed by atoms with Gasteiger partial charge in [-0.3, -0.25) is 23.9 Å². The van der Waals surface area contributed by atoms with Crippen LogP contribution in [0, 0.1) is 7.43 Å². The molecule has 0 saturated heterocycles. The maximum atomic E-state index is 12.3. The fourth-order valence-electron chi connectivity index (χ4n) is 10.1. The number of aliphatic carboxylic acids is 1. The van der Waals surface area contributed by atoms with Crippen molar-refractivity contribution >= 4 is 93.7 Å². The number of halogens is 1. The zero-order valence-electron chi connectivity index (χ0n) is 51.0. The third kappa shape index (κ3) is 21.1. The summed E-state index contributed by atoms with van der Waals surface area (Å²) in [6.45, 7) is 7.00. The molecule has 0 unspecified atom stereocenters. The number of ketones is 1. The summed E-state index contributed by atoms with van der Waals surface area (Å²) in [4.78, 5) is 47.7. The standard InChI is InChI=1S/C20H19N5O.C13H12N4.C9H7BrN2.C6H8N2O2.C4H5N2.3C4H9.CH4.CH3.Sn.V/c1-24-13-21-11-20(24)15-3-4-16-10-22-18(7-17(16)6-15)8-19(26)5-14-9-23-25(2)12-14;1-17-8-15-7-12(17)9-2-3-10-6-16-13(14)5-11(10)4-9;10-8-2-1-6-5-12-9(11)4-7(6)3-8;1-8-4-5(3-7-8)2-6(9)10;1-6-3-2-5-4-6;3*1-3-4-2;;;;/h3-4,6-7,9-13H,5,8H2,1-2H3;2-8H,1H3,(H2,14,16);1-5H,(H2,11,12);3-4H,2H2,1H3,(H,9,10);2,4H,1H3;3*1,3-4H2,2H3;1H4;1H3;;/q;;;;;;;;;-1;;. The van der Waals surface area contributed by atoms with Gasteiger partial charge in [0.25, 0.3) is 0 Å². The summed E-state index contributed by atoms with van der Waals surface area (Å²) in [6.07, 6.45) is 32.8. The third-order valence-electron chi connectivity index (χ3n) is 14.5. The molecular weight excluding hydrogens is 1300 g/mol. The van der Waals surface area contributed by atoms with Crippen LogP contribution >= 0.6 is 15.9 Å². The molecule has 0 fully saturated rings. The third-order valence-corrected chi connectivity index (χ3v) is 30.7. The van der Waals surface area contributed by atoms with Crippen LogP contribution in [0.1, 0.15) is 83.5 Å². The van der Waals surface area contributed by atoms with Gasteiger partial charge in [0.2, 0.25) is 0 Å². The van der Waals surface area contributed by atoms with Crippen LogP contribution in [0.15, 0.2) is 158 Å². The average molecular weight is 1390 g/mol. The van der Waals surface area contributed by atoms with E-state index in [2.05, 4.69) is 119 Å². The Bertz CT molecular complexity index is 3850. The number of carboxylic acid groups (broad SMARTS) is 1. The molecule has 8 aromatic heterocycles. The van der Waals surface area contributed by atoms with E-state index in [1.807, 2.05) is 110 Å². The van der Waals surface area contributed by atoms with Crippen molar-refractivity contribution in [1.29, 1.82) is 0 Å². The van der Waals surface area contributed by atoms with E-state index in [1.165, 1.54) is 51.8 Å². The molecule has 0 aliphatic heterocycles. The minimum atomic E-state index is -2.19. The fraction of sp³-hybridized carbons (Fsp3) is 0.318. The molecule has 21 heteroatoms. The normalized spacial score (nSPS) is 10.6. The maximum absolute atomic E-state index is 12.3. The Hall–Kier alpha value is -7.46. The summed E-state index contributed by atoms with van der Waals surface area (Å²) in [6, 6.07) is 24.2. The zero-order chi connectivity index (χ0) is 60.2. The molecule has 0 atom stereocenters. The number of fused-ring (bicyclic) bond motifs is 3. The number of nitrogen functional groups attached to an aromatic ring is 2. The predicted molar refractivity (Wildman–Crippen MR) is 357 cm³/mol. The fourth-order valence-corrected chi connectivity index (χ4v) is 27.0. The number of hydrogen-bond donors (Lipinski definition) is 3. The molecule has 0 saturated carbocycles. The van der Waals surface area contributed by atoms with Gasteiger partial charge < -0.3 is 33.1 Å². The molecule has 8 heterocycles. The van der Waals surface area contributed by atoms with E-state index >= 15 is 0 Å². The molecule has 0 bridgehead atoms. The van der Waals surface area contributed by atoms with Crippen molar-refractivity contribution < 1.29 is 33.3 Å². The number of hydrogen-bond acceptors (Lipinski definition) is 12. The van der Waals surface area contributed by atoms with Gasteiger partial charge in [0.1, 0.15) is 17.4 Å². The molecule has 459 valence electrons. The number of pyridine rings is 3. The van der Waals surface area contributed by atoms with E-state index in [4.69, 9.17) is 16.6 Å². The van der Waals surface area contributed by atoms with Gasteiger partial charge in [-0.15, -0.1) is 0 Å². The summed E-state index contributed by atoms with van der Waals surface area (Å²) >= 11 is 1.20. The largest absolute Gasteiger partial charge is 0.481 e. The molecule has 3 aromatic carbocycles. The van der Waals surface area contributed by atoms with Crippen molar-refractivity contribution in [3.8, 4) is 22.5 Å². The number of carbonyl (C=O) groups excluding carboxylic acids is 1. The zero-order valence-corrected chi connectivity index (χ0v) is 56.8. The van der Waals surface area contributed by atoms with Gasteiger partial charge in [-0.2, -0.15) is 10.2 Å². The maximum Gasteiger partial charge on any atom is 0.307 e. The summed E-state index contributed by atoms with van der Waals surface area (Å²) < 4.78 is 16.9. The first-order valence-electron chi connectivity index (χ1n) is 28.4. The van der Waals surface area contributed by atoms with E-state index in [1.54, 1.807) is 63.8 Å². The van der Waals surface area contributed by atoms with E-state index in [0.717, 1.165) is 76.1 Å². The first-order valence-corrected chi connectivity index (χ1v) is 36.7. The van der Waals surface area contributed by atoms with Crippen molar-refractivity contribution in [2.24, 2.45) is 35.2 Å². The number of carboxylic acids is 1. The number of anilines is 2. The Labute approximate surface area is 537 Å². The number of imidazole rings is 3. The van der Waals surface area contributed by atoms with Gasteiger partial charge in [0.05, 0.1) is 55.3 Å². The summed E-state index contributed by atoms with van der Waals surface area (Å²) in [5, 5.41) is 22.8. The minimum Gasteiger partial charge on any atom is -0.481 e. The number of nitrogens with two attached hydrogens (primary N) is 2. The van der Waals surface area contributed by atoms with Crippen LogP contribution in [0.5, 0.6) is 0 Å². The van der Waals surface area contributed by atoms with Gasteiger partial charge in [-0.1, -0.05) is 53.7 Å². The van der Waals surface area contributed by atoms with Crippen LogP contribution in [0.25, 0.3) is 54.8 Å². The quantitative estimate of drug-likeness (QED) is 0.0536. The van der Waals surface area contributed by atoms with Crippen molar-refractivity contribution in [3.05, 3.63) is 182 Å². The average Bonchev–Trinajstić information content (AvgIpc) is 2.70. The summed E-state index contributed by atoms with van der Waals surface area (Å²) in [7, 11) is 9.76. The van der Waals surface area contributed by atoms with Crippen molar-refractivity contribution in [2.45, 2.75) is 99.3 Å². The monoisotopic (exact) mass is 1390 g/mol. The number of carbonyl (C=O) groups is 2. The Kier molecular flexibility index (Phi) is 29.3. The number of unbranched alkanes of at least 4 members (excludes halogenated alkanes) is 3. The second kappa shape index (κ2) is 35.4. The topological polar surface area (TPSA) is 234 Å². The molecule has 0 aliphatic rings. The van der Waals surface area contributed by atoms with Gasteiger partial charge in [0.15, 0.2) is 0 Å². The first kappa shape index (κ1) is 72.0. The van der Waals surface area contributed by atoms with E-state index in [9.17, 15) is 9.59 Å². The van der Waals surface area contributed by atoms with E-state index in [-0.39, 0.29) is 45.6 Å². The summed E-state index contributed by atoms with van der Waals surface area (Å²) in [5.41, 5.74) is 18.0. The Morgan fingerprint density at radius 3 is 1.39 bits per heavy atom. The van der Waals surface area contributed by atoms with Crippen molar-refractivity contribution in [1.82, 2.24) is 63.2 Å².